The summed E-state index contributed by atoms with van der Waals surface area (Å²) in [4.78, 5) is 21.5. The summed E-state index contributed by atoms with van der Waals surface area (Å²) in [5, 5.41) is 2.91. The Morgan fingerprint density at radius 2 is 1.73 bits per heavy atom. The SMILES string of the molecule is CC(C)(C)OC(=O)NC1CCCCC1.CCCCCC(N)=O. The van der Waals surface area contributed by atoms with Crippen molar-refractivity contribution in [1.82, 2.24) is 5.32 Å². The topological polar surface area (TPSA) is 81.4 Å². The van der Waals surface area contributed by atoms with Gasteiger partial charge in [0.15, 0.2) is 0 Å². The Hall–Kier alpha value is -1.26. The van der Waals surface area contributed by atoms with Crippen LogP contribution in [0.3, 0.4) is 0 Å². The van der Waals surface area contributed by atoms with Crippen LogP contribution < -0.4 is 11.1 Å². The van der Waals surface area contributed by atoms with Crippen LogP contribution in [0.15, 0.2) is 0 Å². The highest BCUT2D eigenvalue weighted by Gasteiger charge is 2.20. The molecular formula is C17H34N2O3. The third-order valence-electron chi connectivity index (χ3n) is 3.35. The molecule has 0 aromatic heterocycles. The first-order valence-corrected chi connectivity index (χ1v) is 8.52. The predicted octanol–water partition coefficient (Wildman–Crippen LogP) is 3.90. The molecule has 0 bridgehead atoms. The number of alkyl carbamates (subject to hydrolysis) is 1. The zero-order valence-electron chi connectivity index (χ0n) is 14.7. The lowest BCUT2D eigenvalue weighted by atomic mass is 9.96. The number of ether oxygens (including phenoxy) is 1. The van der Waals surface area contributed by atoms with Crippen LogP contribution in [0.1, 0.15) is 85.5 Å². The summed E-state index contributed by atoms with van der Waals surface area (Å²) in [5.74, 6) is -0.182. The molecule has 1 fully saturated rings. The Morgan fingerprint density at radius 1 is 1.14 bits per heavy atom. The van der Waals surface area contributed by atoms with E-state index in [4.69, 9.17) is 10.5 Å². The van der Waals surface area contributed by atoms with Gasteiger partial charge in [-0.25, -0.2) is 4.79 Å². The van der Waals surface area contributed by atoms with E-state index in [9.17, 15) is 9.59 Å². The molecule has 0 aromatic rings. The first-order chi connectivity index (χ1) is 10.2. The maximum Gasteiger partial charge on any atom is 0.407 e. The van der Waals surface area contributed by atoms with E-state index in [-0.39, 0.29) is 12.0 Å². The Kier molecular flexibility index (Phi) is 10.7. The summed E-state index contributed by atoms with van der Waals surface area (Å²) >= 11 is 0. The fourth-order valence-corrected chi connectivity index (χ4v) is 2.27. The van der Waals surface area contributed by atoms with Crippen molar-refractivity contribution in [2.24, 2.45) is 5.73 Å². The Balaban J connectivity index is 0.000000472. The van der Waals surface area contributed by atoms with Gasteiger partial charge in [-0.05, 0) is 40.0 Å². The number of hydrogen-bond acceptors (Lipinski definition) is 3. The van der Waals surface area contributed by atoms with Crippen molar-refractivity contribution in [2.45, 2.75) is 97.1 Å². The highest BCUT2D eigenvalue weighted by atomic mass is 16.6. The molecule has 5 heteroatoms. The molecule has 2 amide bonds. The molecule has 0 unspecified atom stereocenters. The zero-order chi connectivity index (χ0) is 17.0. The number of amides is 2. The lowest BCUT2D eigenvalue weighted by molar-refractivity contribution is -0.118. The molecule has 0 spiro atoms. The highest BCUT2D eigenvalue weighted by Crippen LogP contribution is 2.18. The summed E-state index contributed by atoms with van der Waals surface area (Å²) < 4.78 is 5.19. The zero-order valence-corrected chi connectivity index (χ0v) is 14.7. The van der Waals surface area contributed by atoms with Crippen LogP contribution >= 0.6 is 0 Å². The lowest BCUT2D eigenvalue weighted by Crippen LogP contribution is -2.39. The van der Waals surface area contributed by atoms with Crippen LogP contribution in [-0.2, 0) is 9.53 Å². The van der Waals surface area contributed by atoms with E-state index < -0.39 is 5.60 Å². The summed E-state index contributed by atoms with van der Waals surface area (Å²) in [5.41, 5.74) is 4.50. The number of nitrogens with one attached hydrogen (secondary N) is 1. The van der Waals surface area contributed by atoms with Gasteiger partial charge in [0.05, 0.1) is 0 Å². The Labute approximate surface area is 135 Å². The molecule has 1 saturated carbocycles. The predicted molar refractivity (Wildman–Crippen MR) is 89.6 cm³/mol. The fourth-order valence-electron chi connectivity index (χ4n) is 2.27. The average Bonchev–Trinajstić information content (AvgIpc) is 2.38. The van der Waals surface area contributed by atoms with Crippen molar-refractivity contribution in [3.8, 4) is 0 Å². The standard InChI is InChI=1S/C11H21NO2.C6H13NO/c1-11(2,3)14-10(13)12-9-7-5-4-6-8-9;1-2-3-4-5-6(7)8/h9H,4-8H2,1-3H3,(H,12,13);2-5H2,1H3,(H2,7,8). The number of nitrogens with two attached hydrogens (primary N) is 1. The number of rotatable bonds is 5. The first kappa shape index (κ1) is 20.7. The van der Waals surface area contributed by atoms with Crippen LogP contribution in [0, 0.1) is 0 Å². The quantitative estimate of drug-likeness (QED) is 0.755. The van der Waals surface area contributed by atoms with E-state index in [1.807, 2.05) is 20.8 Å². The van der Waals surface area contributed by atoms with Gasteiger partial charge < -0.3 is 15.8 Å². The molecule has 1 aliphatic carbocycles. The van der Waals surface area contributed by atoms with E-state index in [2.05, 4.69) is 12.2 Å². The number of primary amides is 1. The normalized spacial score (nSPS) is 15.5. The second-order valence-corrected chi connectivity index (χ2v) is 6.90. The Morgan fingerprint density at radius 3 is 2.18 bits per heavy atom. The van der Waals surface area contributed by atoms with Crippen molar-refractivity contribution in [3.05, 3.63) is 0 Å². The number of carbonyl (C=O) groups excluding carboxylic acids is 2. The third kappa shape index (κ3) is 13.7. The molecule has 0 radical (unpaired) electrons. The van der Waals surface area contributed by atoms with E-state index in [1.54, 1.807) is 0 Å². The largest absolute Gasteiger partial charge is 0.444 e. The monoisotopic (exact) mass is 314 g/mol. The van der Waals surface area contributed by atoms with Gasteiger partial charge in [-0.15, -0.1) is 0 Å². The smallest absolute Gasteiger partial charge is 0.407 e. The van der Waals surface area contributed by atoms with Gasteiger partial charge in [0.2, 0.25) is 5.91 Å². The molecule has 130 valence electrons. The minimum Gasteiger partial charge on any atom is -0.444 e. The second kappa shape index (κ2) is 11.3. The minimum absolute atomic E-state index is 0.182. The van der Waals surface area contributed by atoms with Crippen molar-refractivity contribution in [1.29, 1.82) is 0 Å². The fraction of sp³-hybridized carbons (Fsp3) is 0.882. The molecule has 5 nitrogen and oxygen atoms in total. The van der Waals surface area contributed by atoms with Crippen molar-refractivity contribution in [2.75, 3.05) is 0 Å². The highest BCUT2D eigenvalue weighted by molar-refractivity contribution is 5.73. The first-order valence-electron chi connectivity index (χ1n) is 8.52. The van der Waals surface area contributed by atoms with E-state index in [0.717, 1.165) is 32.1 Å². The molecule has 0 aliphatic heterocycles. The van der Waals surface area contributed by atoms with Crippen LogP contribution in [-0.4, -0.2) is 23.6 Å². The Bertz CT molecular complexity index is 318. The van der Waals surface area contributed by atoms with Gasteiger partial charge in [-0.1, -0.05) is 39.0 Å². The molecular weight excluding hydrogens is 280 g/mol. The van der Waals surface area contributed by atoms with Gasteiger partial charge in [0.25, 0.3) is 0 Å². The molecule has 0 saturated heterocycles. The number of hydrogen-bond donors (Lipinski definition) is 2. The number of unbranched alkanes of at least 4 members (excludes halogenated alkanes) is 2. The summed E-state index contributed by atoms with van der Waals surface area (Å²) in [6.07, 6.45) is 9.42. The van der Waals surface area contributed by atoms with Crippen LogP contribution in [0.4, 0.5) is 4.79 Å². The molecule has 0 heterocycles. The third-order valence-corrected chi connectivity index (χ3v) is 3.35. The van der Waals surface area contributed by atoms with Crippen molar-refractivity contribution >= 4 is 12.0 Å². The van der Waals surface area contributed by atoms with Crippen LogP contribution in [0.25, 0.3) is 0 Å². The van der Waals surface area contributed by atoms with Gasteiger partial charge in [0.1, 0.15) is 5.60 Å². The van der Waals surface area contributed by atoms with E-state index >= 15 is 0 Å². The summed E-state index contributed by atoms with van der Waals surface area (Å²) in [6, 6.07) is 0.332. The maximum atomic E-state index is 11.4. The van der Waals surface area contributed by atoms with E-state index in [0.29, 0.717) is 12.5 Å². The second-order valence-electron chi connectivity index (χ2n) is 6.90. The van der Waals surface area contributed by atoms with Crippen LogP contribution in [0.5, 0.6) is 0 Å². The molecule has 0 aromatic carbocycles. The minimum atomic E-state index is -0.390. The van der Waals surface area contributed by atoms with Crippen LogP contribution in [0.2, 0.25) is 0 Å². The van der Waals surface area contributed by atoms with Gasteiger partial charge in [-0.3, -0.25) is 4.79 Å². The van der Waals surface area contributed by atoms with Gasteiger partial charge >= 0.3 is 6.09 Å². The number of carbonyl (C=O) groups is 2. The van der Waals surface area contributed by atoms with Crippen molar-refractivity contribution < 1.29 is 14.3 Å². The molecule has 3 N–H and O–H groups in total. The summed E-state index contributed by atoms with van der Waals surface area (Å²) in [6.45, 7) is 7.75. The molecule has 0 atom stereocenters. The summed E-state index contributed by atoms with van der Waals surface area (Å²) in [7, 11) is 0. The lowest BCUT2D eigenvalue weighted by Gasteiger charge is -2.25. The maximum absolute atomic E-state index is 11.4. The van der Waals surface area contributed by atoms with Gasteiger partial charge in [-0.2, -0.15) is 0 Å². The van der Waals surface area contributed by atoms with E-state index in [1.165, 1.54) is 19.3 Å². The molecule has 1 rings (SSSR count). The molecule has 1 aliphatic rings. The molecule has 22 heavy (non-hydrogen) atoms. The van der Waals surface area contributed by atoms with Gasteiger partial charge in [0, 0.05) is 12.5 Å². The van der Waals surface area contributed by atoms with Crippen molar-refractivity contribution in [3.63, 3.8) is 0 Å². The average molecular weight is 314 g/mol.